The number of benzene rings is 1. The normalized spacial score (nSPS) is 10.4. The van der Waals surface area contributed by atoms with Crippen LogP contribution in [0, 0.1) is 5.82 Å². The molecule has 1 rings (SSSR count). The predicted molar refractivity (Wildman–Crippen MR) is 64.2 cm³/mol. The van der Waals surface area contributed by atoms with E-state index in [1.165, 1.54) is 6.07 Å². The van der Waals surface area contributed by atoms with Crippen LogP contribution in [0.25, 0.3) is 0 Å². The van der Waals surface area contributed by atoms with Crippen molar-refractivity contribution in [1.82, 2.24) is 5.32 Å². The maximum absolute atomic E-state index is 13.1. The van der Waals surface area contributed by atoms with Gasteiger partial charge in [0.15, 0.2) is 0 Å². The van der Waals surface area contributed by atoms with Gasteiger partial charge in [-0.05, 0) is 40.5 Å². The largest absolute Gasteiger partial charge is 0.370 e. The maximum Gasteiger partial charge on any atom is 0.217 e. The predicted octanol–water partition coefficient (Wildman–Crippen LogP) is 1.94. The van der Waals surface area contributed by atoms with Crippen molar-refractivity contribution in [3.8, 4) is 0 Å². The molecule has 0 heterocycles. The van der Waals surface area contributed by atoms with E-state index in [1.807, 2.05) is 6.07 Å². The summed E-state index contributed by atoms with van der Waals surface area (Å²) in [5.41, 5.74) is 5.87. The number of rotatable bonds is 6. The van der Waals surface area contributed by atoms with Crippen molar-refractivity contribution in [2.75, 3.05) is 6.54 Å². The number of hydrogen-bond acceptors (Lipinski definition) is 2. The Kier molecular flexibility index (Phi) is 5.42. The van der Waals surface area contributed by atoms with Crippen LogP contribution in [0.4, 0.5) is 4.39 Å². The van der Waals surface area contributed by atoms with Crippen molar-refractivity contribution < 1.29 is 9.18 Å². The fraction of sp³-hybridized carbons (Fsp3) is 0.364. The van der Waals surface area contributed by atoms with Gasteiger partial charge in [-0.15, -0.1) is 0 Å². The highest BCUT2D eigenvalue weighted by molar-refractivity contribution is 9.10. The first-order valence-electron chi connectivity index (χ1n) is 5.03. The molecule has 0 aromatic heterocycles. The molecular weight excluding hydrogens is 275 g/mol. The first-order valence-corrected chi connectivity index (χ1v) is 5.82. The monoisotopic (exact) mass is 288 g/mol. The number of carbonyl (C=O) groups excluding carboxylic acids is 1. The van der Waals surface area contributed by atoms with E-state index < -0.39 is 0 Å². The van der Waals surface area contributed by atoms with Crippen LogP contribution in [0.5, 0.6) is 0 Å². The zero-order chi connectivity index (χ0) is 12.0. The third-order valence-electron chi connectivity index (χ3n) is 2.12. The Balaban J connectivity index is 2.32. The number of nitrogens with two attached hydrogens (primary N) is 1. The SMILES string of the molecule is NC(=O)CCCNCc1cccc(F)c1Br. The highest BCUT2D eigenvalue weighted by atomic mass is 79.9. The zero-order valence-corrected chi connectivity index (χ0v) is 10.4. The first-order chi connectivity index (χ1) is 7.61. The quantitative estimate of drug-likeness (QED) is 0.786. The third-order valence-corrected chi connectivity index (χ3v) is 3.01. The Labute approximate surface area is 102 Å². The van der Waals surface area contributed by atoms with Crippen LogP contribution in [-0.4, -0.2) is 12.5 Å². The van der Waals surface area contributed by atoms with E-state index in [0.29, 0.717) is 30.4 Å². The van der Waals surface area contributed by atoms with Crippen LogP contribution >= 0.6 is 15.9 Å². The summed E-state index contributed by atoms with van der Waals surface area (Å²) in [7, 11) is 0. The smallest absolute Gasteiger partial charge is 0.217 e. The molecule has 0 bridgehead atoms. The lowest BCUT2D eigenvalue weighted by atomic mass is 10.2. The first kappa shape index (κ1) is 13.1. The van der Waals surface area contributed by atoms with Gasteiger partial charge in [0.25, 0.3) is 0 Å². The molecule has 16 heavy (non-hydrogen) atoms. The Hall–Kier alpha value is -0.940. The number of nitrogens with one attached hydrogen (secondary N) is 1. The van der Waals surface area contributed by atoms with Crippen LogP contribution < -0.4 is 11.1 Å². The highest BCUT2D eigenvalue weighted by Gasteiger charge is 2.04. The van der Waals surface area contributed by atoms with Crippen molar-refractivity contribution in [2.24, 2.45) is 5.73 Å². The van der Waals surface area contributed by atoms with Crippen LogP contribution in [0.1, 0.15) is 18.4 Å². The Morgan fingerprint density at radius 2 is 2.25 bits per heavy atom. The standard InChI is InChI=1S/C11H14BrFN2O/c12-11-8(3-1-4-9(11)13)7-15-6-2-5-10(14)16/h1,3-4,15H,2,5-7H2,(H2,14,16). The van der Waals surface area contributed by atoms with E-state index in [4.69, 9.17) is 5.73 Å². The Morgan fingerprint density at radius 1 is 1.50 bits per heavy atom. The van der Waals surface area contributed by atoms with Gasteiger partial charge in [0.2, 0.25) is 5.91 Å². The van der Waals surface area contributed by atoms with Crippen LogP contribution in [0.2, 0.25) is 0 Å². The Bertz CT molecular complexity index is 371. The zero-order valence-electron chi connectivity index (χ0n) is 8.80. The second-order valence-electron chi connectivity index (χ2n) is 3.46. The lowest BCUT2D eigenvalue weighted by molar-refractivity contribution is -0.118. The Morgan fingerprint density at radius 3 is 2.94 bits per heavy atom. The van der Waals surface area contributed by atoms with Gasteiger partial charge < -0.3 is 11.1 Å². The maximum atomic E-state index is 13.1. The molecule has 0 saturated heterocycles. The van der Waals surface area contributed by atoms with Crippen LogP contribution in [-0.2, 0) is 11.3 Å². The fourth-order valence-electron chi connectivity index (χ4n) is 1.30. The summed E-state index contributed by atoms with van der Waals surface area (Å²) in [5, 5.41) is 3.12. The van der Waals surface area contributed by atoms with E-state index in [2.05, 4.69) is 21.2 Å². The molecule has 3 nitrogen and oxygen atoms in total. The molecule has 1 amide bonds. The summed E-state index contributed by atoms with van der Waals surface area (Å²) in [4.78, 5) is 10.5. The molecule has 88 valence electrons. The minimum Gasteiger partial charge on any atom is -0.370 e. The van der Waals surface area contributed by atoms with E-state index in [1.54, 1.807) is 6.07 Å². The van der Waals surface area contributed by atoms with Gasteiger partial charge in [-0.1, -0.05) is 12.1 Å². The fourth-order valence-corrected chi connectivity index (χ4v) is 1.70. The van der Waals surface area contributed by atoms with Gasteiger partial charge in [-0.2, -0.15) is 0 Å². The molecule has 0 aliphatic carbocycles. The molecule has 1 aromatic rings. The summed E-state index contributed by atoms with van der Waals surface area (Å²) in [6.45, 7) is 1.25. The average Bonchev–Trinajstić information content (AvgIpc) is 2.23. The summed E-state index contributed by atoms with van der Waals surface area (Å²) < 4.78 is 13.6. The molecule has 0 atom stereocenters. The van der Waals surface area contributed by atoms with Crippen molar-refractivity contribution in [2.45, 2.75) is 19.4 Å². The third kappa shape index (κ3) is 4.28. The summed E-state index contributed by atoms with van der Waals surface area (Å²) in [6, 6.07) is 4.91. The molecule has 0 unspecified atom stereocenters. The van der Waals surface area contributed by atoms with E-state index in [0.717, 1.165) is 5.56 Å². The second kappa shape index (κ2) is 6.60. The average molecular weight is 289 g/mol. The molecule has 0 radical (unpaired) electrons. The second-order valence-corrected chi connectivity index (χ2v) is 4.25. The molecular formula is C11H14BrFN2O. The minimum atomic E-state index is -0.297. The highest BCUT2D eigenvalue weighted by Crippen LogP contribution is 2.19. The number of halogens is 2. The number of primary amides is 1. The van der Waals surface area contributed by atoms with Gasteiger partial charge in [0.05, 0.1) is 4.47 Å². The van der Waals surface area contributed by atoms with Gasteiger partial charge in [-0.3, -0.25) is 4.79 Å². The van der Waals surface area contributed by atoms with Crippen LogP contribution in [0.15, 0.2) is 22.7 Å². The lowest BCUT2D eigenvalue weighted by Crippen LogP contribution is -2.18. The molecule has 0 aliphatic heterocycles. The molecule has 0 spiro atoms. The number of amides is 1. The lowest BCUT2D eigenvalue weighted by Gasteiger charge is -2.06. The molecule has 0 fully saturated rings. The van der Waals surface area contributed by atoms with E-state index in [-0.39, 0.29) is 11.7 Å². The molecule has 3 N–H and O–H groups in total. The van der Waals surface area contributed by atoms with Crippen molar-refractivity contribution in [3.63, 3.8) is 0 Å². The topological polar surface area (TPSA) is 55.1 Å². The van der Waals surface area contributed by atoms with Gasteiger partial charge in [-0.25, -0.2) is 4.39 Å². The van der Waals surface area contributed by atoms with Gasteiger partial charge in [0.1, 0.15) is 5.82 Å². The molecule has 5 heteroatoms. The summed E-state index contributed by atoms with van der Waals surface area (Å²) in [5.74, 6) is -0.565. The summed E-state index contributed by atoms with van der Waals surface area (Å²) in [6.07, 6.45) is 1.07. The van der Waals surface area contributed by atoms with Crippen molar-refractivity contribution >= 4 is 21.8 Å². The number of carbonyl (C=O) groups is 1. The van der Waals surface area contributed by atoms with E-state index in [9.17, 15) is 9.18 Å². The van der Waals surface area contributed by atoms with Crippen molar-refractivity contribution in [1.29, 1.82) is 0 Å². The summed E-state index contributed by atoms with van der Waals surface area (Å²) >= 11 is 3.18. The molecule has 1 aromatic carbocycles. The van der Waals surface area contributed by atoms with Gasteiger partial charge in [0, 0.05) is 13.0 Å². The minimum absolute atomic E-state index is 0.267. The van der Waals surface area contributed by atoms with Crippen molar-refractivity contribution in [3.05, 3.63) is 34.1 Å². The van der Waals surface area contributed by atoms with Gasteiger partial charge >= 0.3 is 0 Å². The number of hydrogen-bond donors (Lipinski definition) is 2. The molecule has 0 saturated carbocycles. The molecule has 0 aliphatic rings. The van der Waals surface area contributed by atoms with Crippen LogP contribution in [0.3, 0.4) is 0 Å². The van der Waals surface area contributed by atoms with E-state index >= 15 is 0 Å².